The van der Waals surface area contributed by atoms with E-state index in [0.717, 1.165) is 52.1 Å². The minimum atomic E-state index is 0.0798. The number of amides is 2. The summed E-state index contributed by atoms with van der Waals surface area (Å²) in [6.07, 6.45) is 2.53. The third kappa shape index (κ3) is 3.83. The van der Waals surface area contributed by atoms with E-state index in [9.17, 15) is 4.79 Å². The van der Waals surface area contributed by atoms with Crippen LogP contribution >= 0.6 is 0 Å². The molecule has 2 rings (SSSR count). The van der Waals surface area contributed by atoms with E-state index < -0.39 is 0 Å². The van der Waals surface area contributed by atoms with Crippen LogP contribution in [-0.4, -0.2) is 74.4 Å². The van der Waals surface area contributed by atoms with Crippen LogP contribution in [0.2, 0.25) is 0 Å². The molecule has 104 valence electrons. The Morgan fingerprint density at radius 3 is 2.67 bits per heavy atom. The zero-order valence-electron chi connectivity index (χ0n) is 10.9. The van der Waals surface area contributed by atoms with Crippen molar-refractivity contribution in [1.29, 1.82) is 0 Å². The number of carbonyl (C=O) groups excluding carboxylic acids is 1. The summed E-state index contributed by atoms with van der Waals surface area (Å²) in [7, 11) is 0. The van der Waals surface area contributed by atoms with Gasteiger partial charge >= 0.3 is 6.03 Å². The van der Waals surface area contributed by atoms with E-state index in [1.807, 2.05) is 4.90 Å². The summed E-state index contributed by atoms with van der Waals surface area (Å²) in [6.45, 7) is 6.82. The fourth-order valence-corrected chi connectivity index (χ4v) is 2.52. The van der Waals surface area contributed by atoms with E-state index in [1.54, 1.807) is 0 Å². The van der Waals surface area contributed by atoms with Crippen LogP contribution in [0.15, 0.2) is 0 Å². The molecule has 2 fully saturated rings. The summed E-state index contributed by atoms with van der Waals surface area (Å²) in [6, 6.07) is 0.0798. The van der Waals surface area contributed by atoms with Crippen molar-refractivity contribution in [3.63, 3.8) is 0 Å². The number of nitrogens with two attached hydrogens (primary N) is 1. The molecule has 2 aliphatic heterocycles. The number of urea groups is 1. The summed E-state index contributed by atoms with van der Waals surface area (Å²) < 4.78 is 5.65. The lowest BCUT2D eigenvalue weighted by molar-refractivity contribution is 0.0106. The predicted octanol–water partition coefficient (Wildman–Crippen LogP) is -0.549. The molecule has 0 aromatic carbocycles. The van der Waals surface area contributed by atoms with Crippen LogP contribution in [0.4, 0.5) is 4.79 Å². The van der Waals surface area contributed by atoms with E-state index in [0.29, 0.717) is 19.3 Å². The fourth-order valence-electron chi connectivity index (χ4n) is 2.52. The van der Waals surface area contributed by atoms with Crippen molar-refractivity contribution in [1.82, 2.24) is 15.1 Å². The maximum Gasteiger partial charge on any atom is 0.317 e. The molecule has 6 nitrogen and oxygen atoms in total. The SMILES string of the molecule is NCCOC1CCN(CCN2CCNC2=O)CC1. The number of hydrogen-bond donors (Lipinski definition) is 2. The molecule has 3 N–H and O–H groups in total. The van der Waals surface area contributed by atoms with Crippen molar-refractivity contribution < 1.29 is 9.53 Å². The Morgan fingerprint density at radius 2 is 2.06 bits per heavy atom. The van der Waals surface area contributed by atoms with Crippen LogP contribution in [0.5, 0.6) is 0 Å². The van der Waals surface area contributed by atoms with Gasteiger partial charge in [0.05, 0.1) is 12.7 Å². The van der Waals surface area contributed by atoms with Gasteiger partial charge in [-0.1, -0.05) is 0 Å². The number of piperidine rings is 1. The number of ether oxygens (including phenoxy) is 1. The first-order chi connectivity index (χ1) is 8.79. The highest BCUT2D eigenvalue weighted by atomic mass is 16.5. The highest BCUT2D eigenvalue weighted by molar-refractivity contribution is 5.76. The van der Waals surface area contributed by atoms with Gasteiger partial charge in [-0.25, -0.2) is 4.79 Å². The Labute approximate surface area is 108 Å². The number of nitrogens with zero attached hydrogens (tertiary/aromatic N) is 2. The molecule has 0 aromatic rings. The summed E-state index contributed by atoms with van der Waals surface area (Å²) in [5.41, 5.74) is 5.42. The van der Waals surface area contributed by atoms with Gasteiger partial charge in [-0.3, -0.25) is 0 Å². The second-order valence-corrected chi connectivity index (χ2v) is 4.92. The first-order valence-electron chi connectivity index (χ1n) is 6.86. The normalized spacial score (nSPS) is 22.5. The number of nitrogens with one attached hydrogen (secondary N) is 1. The van der Waals surface area contributed by atoms with Crippen molar-refractivity contribution in [2.75, 3.05) is 52.4 Å². The van der Waals surface area contributed by atoms with Crippen molar-refractivity contribution in [2.24, 2.45) is 5.73 Å². The van der Waals surface area contributed by atoms with E-state index >= 15 is 0 Å². The minimum Gasteiger partial charge on any atom is -0.377 e. The minimum absolute atomic E-state index is 0.0798. The first-order valence-corrected chi connectivity index (χ1v) is 6.86. The fraction of sp³-hybridized carbons (Fsp3) is 0.917. The molecule has 0 radical (unpaired) electrons. The quantitative estimate of drug-likeness (QED) is 0.669. The average molecular weight is 256 g/mol. The first kappa shape index (κ1) is 13.6. The van der Waals surface area contributed by atoms with Crippen molar-refractivity contribution in [3.8, 4) is 0 Å². The maximum absolute atomic E-state index is 11.4. The van der Waals surface area contributed by atoms with Crippen LogP contribution in [0.3, 0.4) is 0 Å². The molecule has 6 heteroatoms. The molecule has 2 heterocycles. The van der Waals surface area contributed by atoms with E-state index in [-0.39, 0.29) is 6.03 Å². The average Bonchev–Trinajstić information content (AvgIpc) is 2.81. The zero-order chi connectivity index (χ0) is 12.8. The molecular formula is C12H24N4O2. The lowest BCUT2D eigenvalue weighted by atomic mass is 10.1. The maximum atomic E-state index is 11.4. The smallest absolute Gasteiger partial charge is 0.317 e. The number of rotatable bonds is 6. The Balaban J connectivity index is 1.60. The van der Waals surface area contributed by atoms with Gasteiger partial charge in [0.1, 0.15) is 0 Å². The van der Waals surface area contributed by atoms with Crippen LogP contribution in [0.25, 0.3) is 0 Å². The van der Waals surface area contributed by atoms with Gasteiger partial charge < -0.3 is 25.6 Å². The second-order valence-electron chi connectivity index (χ2n) is 4.92. The number of carbonyl (C=O) groups is 1. The van der Waals surface area contributed by atoms with Crippen LogP contribution in [0, 0.1) is 0 Å². The molecule has 2 amide bonds. The van der Waals surface area contributed by atoms with Crippen molar-refractivity contribution >= 4 is 6.03 Å². The van der Waals surface area contributed by atoms with Crippen LogP contribution in [0.1, 0.15) is 12.8 Å². The summed E-state index contributed by atoms with van der Waals surface area (Å²) in [5, 5.41) is 2.82. The molecule has 0 saturated carbocycles. The Hall–Kier alpha value is -0.850. The van der Waals surface area contributed by atoms with Crippen molar-refractivity contribution in [3.05, 3.63) is 0 Å². The van der Waals surface area contributed by atoms with Crippen LogP contribution < -0.4 is 11.1 Å². The molecule has 0 aliphatic carbocycles. The summed E-state index contributed by atoms with van der Waals surface area (Å²) in [5.74, 6) is 0. The van der Waals surface area contributed by atoms with Gasteiger partial charge in [-0.2, -0.15) is 0 Å². The standard InChI is InChI=1S/C12H24N4O2/c13-3-10-18-11-1-5-15(6-2-11)8-9-16-7-4-14-12(16)17/h11H,1-10,13H2,(H,14,17). The third-order valence-electron chi connectivity index (χ3n) is 3.64. The Kier molecular flexibility index (Phi) is 5.22. The largest absolute Gasteiger partial charge is 0.377 e. The molecule has 0 atom stereocenters. The highest BCUT2D eigenvalue weighted by Gasteiger charge is 2.22. The molecule has 18 heavy (non-hydrogen) atoms. The van der Waals surface area contributed by atoms with Crippen molar-refractivity contribution in [2.45, 2.75) is 18.9 Å². The highest BCUT2D eigenvalue weighted by Crippen LogP contribution is 2.13. The van der Waals surface area contributed by atoms with E-state index in [1.165, 1.54) is 0 Å². The zero-order valence-corrected chi connectivity index (χ0v) is 10.9. The van der Waals surface area contributed by atoms with E-state index in [4.69, 9.17) is 10.5 Å². The lowest BCUT2D eigenvalue weighted by Gasteiger charge is -2.32. The number of hydrogen-bond acceptors (Lipinski definition) is 4. The van der Waals surface area contributed by atoms with Crippen LogP contribution in [-0.2, 0) is 4.74 Å². The van der Waals surface area contributed by atoms with E-state index in [2.05, 4.69) is 10.2 Å². The molecule has 2 saturated heterocycles. The van der Waals surface area contributed by atoms with Gasteiger partial charge in [0.15, 0.2) is 0 Å². The molecule has 0 bridgehead atoms. The third-order valence-corrected chi connectivity index (χ3v) is 3.64. The molecular weight excluding hydrogens is 232 g/mol. The molecule has 0 aromatic heterocycles. The second kappa shape index (κ2) is 6.92. The monoisotopic (exact) mass is 256 g/mol. The van der Waals surface area contributed by atoms with Gasteiger partial charge in [-0.15, -0.1) is 0 Å². The number of likely N-dealkylation sites (tertiary alicyclic amines) is 1. The molecule has 0 unspecified atom stereocenters. The summed E-state index contributed by atoms with van der Waals surface area (Å²) >= 11 is 0. The molecule has 0 spiro atoms. The Bertz CT molecular complexity index is 267. The Morgan fingerprint density at radius 1 is 1.28 bits per heavy atom. The lowest BCUT2D eigenvalue weighted by Crippen LogP contribution is -2.42. The van der Waals surface area contributed by atoms with Gasteiger partial charge in [-0.05, 0) is 12.8 Å². The van der Waals surface area contributed by atoms with Gasteiger partial charge in [0, 0.05) is 45.8 Å². The summed E-state index contributed by atoms with van der Waals surface area (Å²) in [4.78, 5) is 15.7. The van der Waals surface area contributed by atoms with Gasteiger partial charge in [0.25, 0.3) is 0 Å². The topological polar surface area (TPSA) is 70.8 Å². The molecule has 2 aliphatic rings. The van der Waals surface area contributed by atoms with Gasteiger partial charge in [0.2, 0.25) is 0 Å². The predicted molar refractivity (Wildman–Crippen MR) is 69.4 cm³/mol.